The number of amides is 1. The average molecular weight is 399 g/mol. The molecule has 2 aromatic rings. The molecule has 3 rings (SSSR count). The minimum absolute atomic E-state index is 0.0572. The van der Waals surface area contributed by atoms with Crippen molar-refractivity contribution in [2.24, 2.45) is 0 Å². The third kappa shape index (κ3) is 5.73. The zero-order chi connectivity index (χ0) is 21.0. The van der Waals surface area contributed by atoms with Crippen LogP contribution in [0.4, 0.5) is 22.4 Å². The number of rotatable bonds is 5. The number of ether oxygens (including phenoxy) is 1. The molecule has 0 unspecified atom stereocenters. The van der Waals surface area contributed by atoms with Crippen LogP contribution < -0.4 is 16.0 Å². The van der Waals surface area contributed by atoms with Gasteiger partial charge in [-0.3, -0.25) is 0 Å². The number of hydrogen-bond donors (Lipinski definition) is 2. The average Bonchev–Trinajstić information content (AvgIpc) is 3.15. The largest absolute Gasteiger partial charge is 0.444 e. The number of carbonyl (C=O) groups is 1. The predicted molar refractivity (Wildman–Crippen MR) is 115 cm³/mol. The third-order valence-electron chi connectivity index (χ3n) is 4.76. The van der Waals surface area contributed by atoms with Crippen molar-refractivity contribution in [3.8, 4) is 0 Å². The Bertz CT molecular complexity index is 837. The van der Waals surface area contributed by atoms with E-state index in [1.807, 2.05) is 45.0 Å². The third-order valence-corrected chi connectivity index (χ3v) is 4.76. The first-order chi connectivity index (χ1) is 13.7. The monoisotopic (exact) mass is 398 g/mol. The van der Waals surface area contributed by atoms with Crippen molar-refractivity contribution in [2.75, 3.05) is 36.1 Å². The first-order valence-electron chi connectivity index (χ1n) is 9.84. The Morgan fingerprint density at radius 1 is 1.31 bits per heavy atom. The zero-order valence-corrected chi connectivity index (χ0v) is 17.6. The molecule has 29 heavy (non-hydrogen) atoms. The number of likely N-dealkylation sites (N-methyl/N-ethyl adjacent to an activating group) is 1. The van der Waals surface area contributed by atoms with Gasteiger partial charge in [-0.2, -0.15) is 9.97 Å². The maximum absolute atomic E-state index is 12.3. The maximum Gasteiger partial charge on any atom is 0.410 e. The van der Waals surface area contributed by atoms with Gasteiger partial charge in [-0.15, -0.1) is 0 Å². The number of carbonyl (C=O) groups excluding carboxylic acids is 1. The summed E-state index contributed by atoms with van der Waals surface area (Å²) in [4.78, 5) is 24.8. The standard InChI is InChI=1S/C21H30N6O2/c1-21(2,3)29-20(28)26(4)16-10-11-27(14-16)18-12-17(24-19(22)25-18)23-13-15-8-6-5-7-9-15/h5-9,12,16H,10-11,13-14H2,1-4H3,(H3,22,23,24,25)/t16-/m1/s1. The van der Waals surface area contributed by atoms with Crippen LogP contribution in [0.15, 0.2) is 36.4 Å². The van der Waals surface area contributed by atoms with Gasteiger partial charge in [0.1, 0.15) is 17.2 Å². The summed E-state index contributed by atoms with van der Waals surface area (Å²) in [6.07, 6.45) is 0.531. The highest BCUT2D eigenvalue weighted by Crippen LogP contribution is 2.24. The van der Waals surface area contributed by atoms with Gasteiger partial charge in [0.05, 0.1) is 6.04 Å². The molecule has 1 fully saturated rings. The summed E-state index contributed by atoms with van der Waals surface area (Å²) in [5, 5.41) is 3.30. The molecule has 0 aliphatic carbocycles. The molecule has 3 N–H and O–H groups in total. The van der Waals surface area contributed by atoms with Gasteiger partial charge in [-0.1, -0.05) is 30.3 Å². The van der Waals surface area contributed by atoms with Crippen molar-refractivity contribution >= 4 is 23.7 Å². The van der Waals surface area contributed by atoms with E-state index in [1.54, 1.807) is 11.9 Å². The molecule has 1 atom stereocenters. The molecule has 1 amide bonds. The topological polar surface area (TPSA) is 96.6 Å². The fraction of sp³-hybridized carbons (Fsp3) is 0.476. The molecule has 2 heterocycles. The molecule has 0 spiro atoms. The van der Waals surface area contributed by atoms with E-state index in [0.29, 0.717) is 18.9 Å². The number of nitrogens with one attached hydrogen (secondary N) is 1. The van der Waals surface area contributed by atoms with Crippen LogP contribution in [0.25, 0.3) is 0 Å². The van der Waals surface area contributed by atoms with Crippen molar-refractivity contribution in [3.05, 3.63) is 42.0 Å². The molecule has 0 bridgehead atoms. The van der Waals surface area contributed by atoms with Gasteiger partial charge >= 0.3 is 6.09 Å². The first kappa shape index (κ1) is 20.7. The lowest BCUT2D eigenvalue weighted by Gasteiger charge is -2.28. The zero-order valence-electron chi connectivity index (χ0n) is 17.6. The van der Waals surface area contributed by atoms with E-state index in [9.17, 15) is 4.79 Å². The number of hydrogen-bond acceptors (Lipinski definition) is 7. The summed E-state index contributed by atoms with van der Waals surface area (Å²) in [6, 6.07) is 12.1. The van der Waals surface area contributed by atoms with Crippen LogP contribution in [0.5, 0.6) is 0 Å². The summed E-state index contributed by atoms with van der Waals surface area (Å²) in [5.41, 5.74) is 6.58. The Morgan fingerprint density at radius 3 is 2.72 bits per heavy atom. The molecular weight excluding hydrogens is 368 g/mol. The molecule has 1 aromatic carbocycles. The molecular formula is C21H30N6O2. The predicted octanol–water partition coefficient (Wildman–Crippen LogP) is 3.12. The number of benzene rings is 1. The summed E-state index contributed by atoms with van der Waals surface area (Å²) < 4.78 is 5.48. The van der Waals surface area contributed by atoms with E-state index in [4.69, 9.17) is 10.5 Å². The van der Waals surface area contributed by atoms with Gasteiger partial charge in [-0.05, 0) is 32.8 Å². The van der Waals surface area contributed by atoms with Crippen molar-refractivity contribution in [1.29, 1.82) is 0 Å². The van der Waals surface area contributed by atoms with Crippen molar-refractivity contribution < 1.29 is 9.53 Å². The smallest absolute Gasteiger partial charge is 0.410 e. The quantitative estimate of drug-likeness (QED) is 0.799. The van der Waals surface area contributed by atoms with Crippen LogP contribution in [0.3, 0.4) is 0 Å². The van der Waals surface area contributed by atoms with Crippen LogP contribution in [-0.4, -0.2) is 52.7 Å². The lowest BCUT2D eigenvalue weighted by molar-refractivity contribution is 0.0238. The highest BCUT2D eigenvalue weighted by atomic mass is 16.6. The SMILES string of the molecule is CN(C(=O)OC(C)(C)C)[C@@H]1CCN(c2cc(NCc3ccccc3)nc(N)n2)C1. The Kier molecular flexibility index (Phi) is 6.10. The van der Waals surface area contributed by atoms with Gasteiger partial charge in [0.15, 0.2) is 0 Å². The molecule has 1 saturated heterocycles. The minimum atomic E-state index is -0.510. The minimum Gasteiger partial charge on any atom is -0.444 e. The molecule has 8 heteroatoms. The summed E-state index contributed by atoms with van der Waals surface area (Å²) >= 11 is 0. The lowest BCUT2D eigenvalue weighted by Crippen LogP contribution is -2.42. The van der Waals surface area contributed by atoms with E-state index in [0.717, 1.165) is 24.3 Å². The second-order valence-electron chi connectivity index (χ2n) is 8.29. The van der Waals surface area contributed by atoms with Gasteiger partial charge < -0.3 is 25.6 Å². The molecule has 1 aliphatic heterocycles. The van der Waals surface area contributed by atoms with Crippen LogP contribution in [-0.2, 0) is 11.3 Å². The normalized spacial score (nSPS) is 16.6. The number of aromatic nitrogens is 2. The van der Waals surface area contributed by atoms with E-state index in [2.05, 4.69) is 32.3 Å². The number of nitrogen functional groups attached to an aromatic ring is 1. The van der Waals surface area contributed by atoms with Crippen molar-refractivity contribution in [3.63, 3.8) is 0 Å². The van der Waals surface area contributed by atoms with Crippen molar-refractivity contribution in [1.82, 2.24) is 14.9 Å². The fourth-order valence-corrected chi connectivity index (χ4v) is 3.24. The van der Waals surface area contributed by atoms with Gasteiger partial charge in [0, 0.05) is 32.7 Å². The molecule has 156 valence electrons. The van der Waals surface area contributed by atoms with Crippen molar-refractivity contribution in [2.45, 2.75) is 45.4 Å². The molecule has 0 saturated carbocycles. The lowest BCUT2D eigenvalue weighted by atomic mass is 10.2. The summed E-state index contributed by atoms with van der Waals surface area (Å²) in [5.74, 6) is 1.66. The van der Waals surface area contributed by atoms with E-state index in [1.165, 1.54) is 0 Å². The molecule has 8 nitrogen and oxygen atoms in total. The van der Waals surface area contributed by atoms with E-state index < -0.39 is 5.60 Å². The Balaban J connectivity index is 1.63. The highest BCUT2D eigenvalue weighted by molar-refractivity contribution is 5.68. The molecule has 1 aromatic heterocycles. The maximum atomic E-state index is 12.3. The van der Waals surface area contributed by atoms with Gasteiger partial charge in [0.2, 0.25) is 5.95 Å². The highest BCUT2D eigenvalue weighted by Gasteiger charge is 2.31. The van der Waals surface area contributed by atoms with Crippen LogP contribution in [0.2, 0.25) is 0 Å². The summed E-state index contributed by atoms with van der Waals surface area (Å²) in [6.45, 7) is 7.71. The van der Waals surface area contributed by atoms with E-state index in [-0.39, 0.29) is 18.1 Å². The molecule has 1 aliphatic rings. The van der Waals surface area contributed by atoms with Gasteiger partial charge in [-0.25, -0.2) is 4.79 Å². The van der Waals surface area contributed by atoms with Crippen LogP contribution in [0, 0.1) is 0 Å². The fourth-order valence-electron chi connectivity index (χ4n) is 3.24. The van der Waals surface area contributed by atoms with Crippen LogP contribution >= 0.6 is 0 Å². The second-order valence-corrected chi connectivity index (χ2v) is 8.29. The Morgan fingerprint density at radius 2 is 2.03 bits per heavy atom. The number of nitrogens with zero attached hydrogens (tertiary/aromatic N) is 4. The number of anilines is 3. The van der Waals surface area contributed by atoms with Gasteiger partial charge in [0.25, 0.3) is 0 Å². The second kappa shape index (κ2) is 8.55. The first-order valence-corrected chi connectivity index (χ1v) is 9.84. The van der Waals surface area contributed by atoms with Crippen LogP contribution in [0.1, 0.15) is 32.8 Å². The van der Waals surface area contributed by atoms with E-state index >= 15 is 0 Å². The Labute approximate surface area is 172 Å². The number of nitrogens with two attached hydrogens (primary N) is 1. The Hall–Kier alpha value is -3.03. The summed E-state index contributed by atoms with van der Waals surface area (Å²) in [7, 11) is 1.78. The molecule has 0 radical (unpaired) electrons.